The molecule has 0 aromatic heterocycles. The molecule has 29 heavy (non-hydrogen) atoms. The van der Waals surface area contributed by atoms with E-state index in [2.05, 4.69) is 22.0 Å². The van der Waals surface area contributed by atoms with Gasteiger partial charge in [0.15, 0.2) is 6.61 Å². The number of nitrogens with zero attached hydrogens (tertiary/aromatic N) is 2. The molecule has 7 heteroatoms. The summed E-state index contributed by atoms with van der Waals surface area (Å²) in [7, 11) is 0. The third kappa shape index (κ3) is 6.02. The first-order valence-electron chi connectivity index (χ1n) is 9.81. The van der Waals surface area contributed by atoms with Gasteiger partial charge in [-0.15, -0.1) is 0 Å². The first-order chi connectivity index (χ1) is 14.0. The molecular weight excluding hydrogens is 373 g/mol. The van der Waals surface area contributed by atoms with Gasteiger partial charge in [0.2, 0.25) is 0 Å². The first-order valence-corrected chi connectivity index (χ1v) is 9.81. The van der Waals surface area contributed by atoms with Gasteiger partial charge in [-0.1, -0.05) is 25.1 Å². The van der Waals surface area contributed by atoms with Gasteiger partial charge in [0.1, 0.15) is 5.82 Å². The third-order valence-corrected chi connectivity index (χ3v) is 4.99. The van der Waals surface area contributed by atoms with Gasteiger partial charge in [0, 0.05) is 37.6 Å². The Morgan fingerprint density at radius 3 is 2.38 bits per heavy atom. The van der Waals surface area contributed by atoms with E-state index in [-0.39, 0.29) is 12.0 Å². The number of nitrogens with one attached hydrogen (secondary N) is 1. The number of ether oxygens (including phenoxy) is 1. The van der Waals surface area contributed by atoms with Crippen molar-refractivity contribution in [3.05, 3.63) is 59.9 Å². The van der Waals surface area contributed by atoms with Gasteiger partial charge in [-0.05, 0) is 42.4 Å². The molecule has 1 saturated heterocycles. The molecule has 0 atom stereocenters. The van der Waals surface area contributed by atoms with Crippen LogP contribution in [0.3, 0.4) is 0 Å². The molecule has 0 aliphatic carbocycles. The minimum Gasteiger partial charge on any atom is -0.455 e. The van der Waals surface area contributed by atoms with E-state index in [1.54, 1.807) is 12.1 Å². The number of likely N-dealkylation sites (N-methyl/N-ethyl adjacent to an activating group) is 1. The molecule has 0 radical (unpaired) electrons. The minimum atomic E-state index is -0.646. The van der Waals surface area contributed by atoms with Crippen LogP contribution in [0.25, 0.3) is 0 Å². The number of halogens is 1. The SMILES string of the molecule is CCN1CCN(c2ccc(NC(=O)COC(=O)Cc3ccccc3F)cc2)CC1. The van der Waals surface area contributed by atoms with Crippen LogP contribution in [0.4, 0.5) is 15.8 Å². The summed E-state index contributed by atoms with van der Waals surface area (Å²) in [4.78, 5) is 28.6. The largest absolute Gasteiger partial charge is 0.455 e. The molecule has 6 nitrogen and oxygen atoms in total. The minimum absolute atomic E-state index is 0.208. The molecule has 0 saturated carbocycles. The number of hydrogen-bond acceptors (Lipinski definition) is 5. The molecule has 154 valence electrons. The van der Waals surface area contributed by atoms with Crippen molar-refractivity contribution in [2.24, 2.45) is 0 Å². The number of benzene rings is 2. The van der Waals surface area contributed by atoms with E-state index >= 15 is 0 Å². The lowest BCUT2D eigenvalue weighted by molar-refractivity contribution is -0.146. The number of esters is 1. The number of piperazine rings is 1. The normalized spacial score (nSPS) is 14.5. The van der Waals surface area contributed by atoms with Crippen molar-refractivity contribution in [1.29, 1.82) is 0 Å². The van der Waals surface area contributed by atoms with E-state index in [0.717, 1.165) is 38.4 Å². The molecule has 1 heterocycles. The predicted octanol–water partition coefficient (Wildman–Crippen LogP) is 2.69. The van der Waals surface area contributed by atoms with Gasteiger partial charge in [-0.2, -0.15) is 0 Å². The smallest absolute Gasteiger partial charge is 0.310 e. The summed E-state index contributed by atoms with van der Waals surface area (Å²) in [5.41, 5.74) is 2.00. The van der Waals surface area contributed by atoms with Crippen LogP contribution in [-0.2, 0) is 20.7 Å². The highest BCUT2D eigenvalue weighted by molar-refractivity contribution is 5.93. The van der Waals surface area contributed by atoms with E-state index in [0.29, 0.717) is 5.69 Å². The fourth-order valence-electron chi connectivity index (χ4n) is 3.27. The number of hydrogen-bond donors (Lipinski definition) is 1. The number of carbonyl (C=O) groups excluding carboxylic acids is 2. The van der Waals surface area contributed by atoms with Crippen LogP contribution < -0.4 is 10.2 Å². The lowest BCUT2D eigenvalue weighted by atomic mass is 10.1. The molecule has 1 amide bonds. The Hall–Kier alpha value is -2.93. The standard InChI is InChI=1S/C22H26FN3O3/c1-2-25-11-13-26(14-12-25)19-9-7-18(8-10-19)24-21(27)16-29-22(28)15-17-5-3-4-6-20(17)23/h3-10H,2,11-16H2,1H3,(H,24,27). The second-order valence-electron chi connectivity index (χ2n) is 6.95. The van der Waals surface area contributed by atoms with Gasteiger partial charge in [0.05, 0.1) is 6.42 Å². The third-order valence-electron chi connectivity index (χ3n) is 4.99. The molecule has 2 aromatic rings. The van der Waals surface area contributed by atoms with Crippen molar-refractivity contribution >= 4 is 23.3 Å². The van der Waals surface area contributed by atoms with Crippen molar-refractivity contribution in [2.75, 3.05) is 49.5 Å². The Balaban J connectivity index is 1.43. The summed E-state index contributed by atoms with van der Waals surface area (Å²) in [6.45, 7) is 6.90. The summed E-state index contributed by atoms with van der Waals surface area (Å²) < 4.78 is 18.5. The van der Waals surface area contributed by atoms with E-state index in [9.17, 15) is 14.0 Å². The van der Waals surface area contributed by atoms with Gasteiger partial charge in [-0.25, -0.2) is 4.39 Å². The van der Waals surface area contributed by atoms with Crippen LogP contribution >= 0.6 is 0 Å². The van der Waals surface area contributed by atoms with Crippen molar-refractivity contribution in [3.8, 4) is 0 Å². The zero-order valence-corrected chi connectivity index (χ0v) is 16.6. The lowest BCUT2D eigenvalue weighted by Gasteiger charge is -2.35. The van der Waals surface area contributed by atoms with E-state index in [4.69, 9.17) is 4.74 Å². The molecule has 1 N–H and O–H groups in total. The average molecular weight is 399 g/mol. The summed E-state index contributed by atoms with van der Waals surface area (Å²) >= 11 is 0. The summed E-state index contributed by atoms with van der Waals surface area (Å²) in [5.74, 6) is -1.55. The van der Waals surface area contributed by atoms with Gasteiger partial charge in [-0.3, -0.25) is 9.59 Å². The number of rotatable bonds is 7. The molecule has 0 unspecified atom stereocenters. The average Bonchev–Trinajstić information content (AvgIpc) is 2.74. The Morgan fingerprint density at radius 2 is 1.72 bits per heavy atom. The van der Waals surface area contributed by atoms with Gasteiger partial charge < -0.3 is 19.9 Å². The maximum Gasteiger partial charge on any atom is 0.310 e. The van der Waals surface area contributed by atoms with Crippen molar-refractivity contribution in [3.63, 3.8) is 0 Å². The highest BCUT2D eigenvalue weighted by atomic mass is 19.1. The molecular formula is C22H26FN3O3. The Morgan fingerprint density at radius 1 is 1.03 bits per heavy atom. The van der Waals surface area contributed by atoms with Gasteiger partial charge in [0.25, 0.3) is 5.91 Å². The quantitative estimate of drug-likeness (QED) is 0.726. The summed E-state index contributed by atoms with van der Waals surface area (Å²) in [6, 6.07) is 13.6. The van der Waals surface area contributed by atoms with Crippen molar-refractivity contribution in [2.45, 2.75) is 13.3 Å². The Kier molecular flexibility index (Phi) is 7.19. The molecule has 0 bridgehead atoms. The van der Waals surface area contributed by atoms with E-state index < -0.39 is 24.3 Å². The number of anilines is 2. The first kappa shape index (κ1) is 20.8. The lowest BCUT2D eigenvalue weighted by Crippen LogP contribution is -2.46. The van der Waals surface area contributed by atoms with Crippen LogP contribution in [0.5, 0.6) is 0 Å². The fourth-order valence-corrected chi connectivity index (χ4v) is 3.27. The van der Waals surface area contributed by atoms with Crippen LogP contribution in [0.15, 0.2) is 48.5 Å². The van der Waals surface area contributed by atoms with Crippen molar-refractivity contribution < 1.29 is 18.7 Å². The monoisotopic (exact) mass is 399 g/mol. The summed E-state index contributed by atoms with van der Waals surface area (Å²) in [6.07, 6.45) is -0.208. The molecule has 1 aliphatic heterocycles. The van der Waals surface area contributed by atoms with E-state index in [1.807, 2.05) is 24.3 Å². The summed E-state index contributed by atoms with van der Waals surface area (Å²) in [5, 5.41) is 2.70. The highest BCUT2D eigenvalue weighted by Gasteiger charge is 2.16. The fraction of sp³-hybridized carbons (Fsp3) is 0.364. The van der Waals surface area contributed by atoms with Crippen LogP contribution in [0.2, 0.25) is 0 Å². The maximum absolute atomic E-state index is 13.5. The second kappa shape index (κ2) is 10.0. The highest BCUT2D eigenvalue weighted by Crippen LogP contribution is 2.19. The zero-order chi connectivity index (χ0) is 20.6. The Bertz CT molecular complexity index is 833. The predicted molar refractivity (Wildman–Crippen MR) is 110 cm³/mol. The maximum atomic E-state index is 13.5. The molecule has 1 fully saturated rings. The molecule has 2 aromatic carbocycles. The molecule has 0 spiro atoms. The van der Waals surface area contributed by atoms with Gasteiger partial charge >= 0.3 is 5.97 Å². The zero-order valence-electron chi connectivity index (χ0n) is 16.6. The van der Waals surface area contributed by atoms with E-state index in [1.165, 1.54) is 12.1 Å². The molecule has 1 aliphatic rings. The number of carbonyl (C=O) groups is 2. The van der Waals surface area contributed by atoms with Crippen LogP contribution in [0.1, 0.15) is 12.5 Å². The van der Waals surface area contributed by atoms with Crippen LogP contribution in [-0.4, -0.2) is 56.1 Å². The second-order valence-corrected chi connectivity index (χ2v) is 6.95. The topological polar surface area (TPSA) is 61.9 Å². The Labute approximate surface area is 170 Å². The van der Waals surface area contributed by atoms with Crippen LogP contribution in [0, 0.1) is 5.82 Å². The number of amides is 1. The molecule has 3 rings (SSSR count). The van der Waals surface area contributed by atoms with Crippen molar-refractivity contribution in [1.82, 2.24) is 4.90 Å².